The highest BCUT2D eigenvalue weighted by molar-refractivity contribution is 9.09. The van der Waals surface area contributed by atoms with Crippen molar-refractivity contribution in [3.05, 3.63) is 29.8 Å². The fraction of sp³-hybridized carbons (Fsp3) is 0.600. The van der Waals surface area contributed by atoms with Crippen molar-refractivity contribution in [3.63, 3.8) is 0 Å². The lowest BCUT2D eigenvalue weighted by Crippen LogP contribution is -2.13. The van der Waals surface area contributed by atoms with Crippen molar-refractivity contribution in [2.75, 3.05) is 6.61 Å². The van der Waals surface area contributed by atoms with E-state index in [4.69, 9.17) is 4.74 Å². The second kappa shape index (κ2) is 6.44. The van der Waals surface area contributed by atoms with Gasteiger partial charge in [0.2, 0.25) is 0 Å². The second-order valence-electron chi connectivity index (χ2n) is 4.88. The molecule has 0 aromatic heterocycles. The molecule has 0 saturated heterocycles. The summed E-state index contributed by atoms with van der Waals surface area (Å²) in [6, 6.07) is 8.70. The van der Waals surface area contributed by atoms with E-state index in [0.717, 1.165) is 24.7 Å². The van der Waals surface area contributed by atoms with Crippen molar-refractivity contribution in [2.24, 2.45) is 0 Å². The second-order valence-corrected chi connectivity index (χ2v) is 6.17. The largest absolute Gasteiger partial charge is 0.494 e. The van der Waals surface area contributed by atoms with E-state index in [-0.39, 0.29) is 0 Å². The van der Waals surface area contributed by atoms with Gasteiger partial charge in [-0.25, -0.2) is 0 Å². The molecule has 0 radical (unpaired) electrons. The van der Waals surface area contributed by atoms with Gasteiger partial charge in [-0.1, -0.05) is 41.4 Å². The van der Waals surface area contributed by atoms with E-state index in [1.165, 1.54) is 31.2 Å². The average Bonchev–Trinajstić information content (AvgIpc) is 2.37. The van der Waals surface area contributed by atoms with Gasteiger partial charge in [-0.05, 0) is 49.3 Å². The molecule has 0 bridgehead atoms. The molecule has 1 nitrogen and oxygen atoms in total. The molecule has 1 aromatic carbocycles. The molecular formula is C15H21BrO. The number of hydrogen-bond donors (Lipinski definition) is 0. The van der Waals surface area contributed by atoms with Crippen LogP contribution in [-0.2, 0) is 0 Å². The SMILES string of the molecule is CCCOc1ccc(C2CCCC(Br)C2)cc1. The molecule has 0 amide bonds. The van der Waals surface area contributed by atoms with Crippen LogP contribution in [0.5, 0.6) is 5.75 Å². The molecule has 0 heterocycles. The molecule has 2 unspecified atom stereocenters. The molecule has 1 saturated carbocycles. The molecular weight excluding hydrogens is 276 g/mol. The van der Waals surface area contributed by atoms with Crippen LogP contribution in [0.3, 0.4) is 0 Å². The molecule has 1 aromatic rings. The summed E-state index contributed by atoms with van der Waals surface area (Å²) < 4.78 is 5.61. The lowest BCUT2D eigenvalue weighted by molar-refractivity contribution is 0.317. The zero-order valence-corrected chi connectivity index (χ0v) is 12.1. The number of halogens is 1. The summed E-state index contributed by atoms with van der Waals surface area (Å²) in [5.74, 6) is 1.73. The zero-order chi connectivity index (χ0) is 12.1. The Morgan fingerprint density at radius 2 is 2.00 bits per heavy atom. The van der Waals surface area contributed by atoms with Crippen LogP contribution in [-0.4, -0.2) is 11.4 Å². The first kappa shape index (κ1) is 12.9. The summed E-state index contributed by atoms with van der Waals surface area (Å²) >= 11 is 3.75. The van der Waals surface area contributed by atoms with Gasteiger partial charge in [0.25, 0.3) is 0 Å². The predicted octanol–water partition coefficient (Wildman–Crippen LogP) is 4.90. The van der Waals surface area contributed by atoms with Crippen LogP contribution in [0.1, 0.15) is 50.5 Å². The molecule has 2 heteroatoms. The Hall–Kier alpha value is -0.500. The Morgan fingerprint density at radius 1 is 1.24 bits per heavy atom. The summed E-state index contributed by atoms with van der Waals surface area (Å²) in [6.45, 7) is 2.94. The Labute approximate surface area is 113 Å². The Bertz CT molecular complexity index is 333. The van der Waals surface area contributed by atoms with Gasteiger partial charge in [-0.3, -0.25) is 0 Å². The lowest BCUT2D eigenvalue weighted by atomic mass is 9.84. The summed E-state index contributed by atoms with van der Waals surface area (Å²) in [6.07, 6.45) is 6.34. The van der Waals surface area contributed by atoms with E-state index in [1.54, 1.807) is 0 Å². The molecule has 1 aliphatic rings. The smallest absolute Gasteiger partial charge is 0.119 e. The summed E-state index contributed by atoms with van der Waals surface area (Å²) in [5.41, 5.74) is 1.47. The van der Waals surface area contributed by atoms with E-state index in [1.807, 2.05) is 0 Å². The van der Waals surface area contributed by atoms with E-state index in [0.29, 0.717) is 4.83 Å². The van der Waals surface area contributed by atoms with Crippen molar-refractivity contribution < 1.29 is 4.74 Å². The van der Waals surface area contributed by atoms with E-state index in [9.17, 15) is 0 Å². The minimum atomic E-state index is 0.706. The van der Waals surface area contributed by atoms with Gasteiger partial charge < -0.3 is 4.74 Å². The van der Waals surface area contributed by atoms with Crippen molar-refractivity contribution in [1.29, 1.82) is 0 Å². The maximum Gasteiger partial charge on any atom is 0.119 e. The normalized spacial score (nSPS) is 24.6. The van der Waals surface area contributed by atoms with Gasteiger partial charge in [0.15, 0.2) is 0 Å². The number of rotatable bonds is 4. The van der Waals surface area contributed by atoms with Gasteiger partial charge in [0, 0.05) is 4.83 Å². The lowest BCUT2D eigenvalue weighted by Gasteiger charge is -2.26. The van der Waals surface area contributed by atoms with Crippen LogP contribution in [0.25, 0.3) is 0 Å². The van der Waals surface area contributed by atoms with Crippen LogP contribution in [0.4, 0.5) is 0 Å². The topological polar surface area (TPSA) is 9.23 Å². The quantitative estimate of drug-likeness (QED) is 0.718. The Kier molecular flexibility index (Phi) is 4.90. The Balaban J connectivity index is 1.96. The fourth-order valence-electron chi connectivity index (χ4n) is 2.49. The summed E-state index contributed by atoms with van der Waals surface area (Å²) in [7, 11) is 0. The zero-order valence-electron chi connectivity index (χ0n) is 10.5. The average molecular weight is 297 g/mol. The van der Waals surface area contributed by atoms with Crippen LogP contribution in [0, 0.1) is 0 Å². The van der Waals surface area contributed by atoms with Gasteiger partial charge >= 0.3 is 0 Å². The van der Waals surface area contributed by atoms with Crippen molar-refractivity contribution in [3.8, 4) is 5.75 Å². The molecule has 1 fully saturated rings. The highest BCUT2D eigenvalue weighted by Gasteiger charge is 2.21. The first-order valence-electron chi connectivity index (χ1n) is 6.66. The van der Waals surface area contributed by atoms with Crippen molar-refractivity contribution in [1.82, 2.24) is 0 Å². The molecule has 2 atom stereocenters. The highest BCUT2D eigenvalue weighted by Crippen LogP contribution is 2.36. The van der Waals surface area contributed by atoms with Gasteiger partial charge in [0.05, 0.1) is 6.61 Å². The number of ether oxygens (including phenoxy) is 1. The van der Waals surface area contributed by atoms with Crippen LogP contribution >= 0.6 is 15.9 Å². The monoisotopic (exact) mass is 296 g/mol. The number of alkyl halides is 1. The summed E-state index contributed by atoms with van der Waals surface area (Å²) in [5, 5.41) is 0. The maximum absolute atomic E-state index is 5.61. The summed E-state index contributed by atoms with van der Waals surface area (Å²) in [4.78, 5) is 0.706. The van der Waals surface area contributed by atoms with E-state index in [2.05, 4.69) is 47.1 Å². The highest BCUT2D eigenvalue weighted by atomic mass is 79.9. The molecule has 0 N–H and O–H groups in total. The van der Waals surface area contributed by atoms with E-state index >= 15 is 0 Å². The first-order chi connectivity index (χ1) is 8.29. The molecule has 1 aliphatic carbocycles. The first-order valence-corrected chi connectivity index (χ1v) is 7.58. The maximum atomic E-state index is 5.61. The molecule has 2 rings (SSSR count). The third-order valence-corrected chi connectivity index (χ3v) is 4.27. The van der Waals surface area contributed by atoms with Crippen LogP contribution in [0.2, 0.25) is 0 Å². The number of benzene rings is 1. The van der Waals surface area contributed by atoms with Gasteiger partial charge in [-0.15, -0.1) is 0 Å². The standard InChI is InChI=1S/C15H21BrO/c1-2-10-17-15-8-6-12(7-9-15)13-4-3-5-14(16)11-13/h6-9,13-14H,2-5,10-11H2,1H3. The predicted molar refractivity (Wildman–Crippen MR) is 76.2 cm³/mol. The Morgan fingerprint density at radius 3 is 2.65 bits per heavy atom. The minimum Gasteiger partial charge on any atom is -0.494 e. The molecule has 0 spiro atoms. The molecule has 0 aliphatic heterocycles. The van der Waals surface area contributed by atoms with E-state index < -0.39 is 0 Å². The van der Waals surface area contributed by atoms with Gasteiger partial charge in [-0.2, -0.15) is 0 Å². The minimum absolute atomic E-state index is 0.706. The molecule has 17 heavy (non-hydrogen) atoms. The fourth-order valence-corrected chi connectivity index (χ4v) is 3.26. The van der Waals surface area contributed by atoms with Crippen LogP contribution in [0.15, 0.2) is 24.3 Å². The third kappa shape index (κ3) is 3.74. The van der Waals surface area contributed by atoms with Crippen molar-refractivity contribution in [2.45, 2.75) is 49.8 Å². The molecule has 94 valence electrons. The van der Waals surface area contributed by atoms with Crippen molar-refractivity contribution >= 4 is 15.9 Å². The van der Waals surface area contributed by atoms with Crippen LogP contribution < -0.4 is 4.74 Å². The third-order valence-electron chi connectivity index (χ3n) is 3.43. The van der Waals surface area contributed by atoms with Gasteiger partial charge in [0.1, 0.15) is 5.75 Å². The number of hydrogen-bond acceptors (Lipinski definition) is 1.